The number of aryl methyl sites for hydroxylation is 1. The van der Waals surface area contributed by atoms with Crippen LogP contribution in [0.5, 0.6) is 5.75 Å². The van der Waals surface area contributed by atoms with Crippen molar-refractivity contribution in [2.24, 2.45) is 17.1 Å². The van der Waals surface area contributed by atoms with Gasteiger partial charge in [-0.1, -0.05) is 27.7 Å². The Labute approximate surface area is 413 Å². The number of benzene rings is 2. The number of primary amides is 1. The monoisotopic (exact) mass is 993 g/mol. The maximum atomic E-state index is 14.1. The van der Waals surface area contributed by atoms with Gasteiger partial charge in [-0.3, -0.25) is 14.4 Å². The quantitative estimate of drug-likeness (QED) is 0.105. The molecule has 19 heteroatoms. The van der Waals surface area contributed by atoms with E-state index in [0.29, 0.717) is 60.4 Å². The molecule has 4 N–H and O–H groups in total. The van der Waals surface area contributed by atoms with Crippen LogP contribution in [-0.4, -0.2) is 84.9 Å². The van der Waals surface area contributed by atoms with E-state index in [4.69, 9.17) is 24.9 Å². The zero-order chi connectivity index (χ0) is 51.0. The van der Waals surface area contributed by atoms with E-state index in [1.165, 1.54) is 16.8 Å². The molecule has 5 aromatic rings. The molecular formula is C53H58F3N7O9. The maximum absolute atomic E-state index is 14.1. The molecule has 2 fully saturated rings. The molecule has 2 amide bonds. The number of esters is 1. The first-order valence-corrected chi connectivity index (χ1v) is 24.9. The highest BCUT2D eigenvalue weighted by Gasteiger charge is 2.47. The molecule has 0 bridgehead atoms. The number of hydrogen-bond acceptors (Lipinski definition) is 12. The third-order valence-electron chi connectivity index (χ3n) is 15.4. The average Bonchev–Trinajstić information content (AvgIpc) is 3.92. The highest BCUT2D eigenvalue weighted by molar-refractivity contribution is 6.01. The molecule has 3 aliphatic heterocycles. The number of ether oxygens (including phenoxy) is 3. The molecule has 5 aliphatic rings. The fraction of sp³-hybridized carbons (Fsp3) is 0.491. The molecule has 1 saturated carbocycles. The van der Waals surface area contributed by atoms with Crippen LogP contribution in [-0.2, 0) is 52.0 Å². The van der Waals surface area contributed by atoms with E-state index >= 15 is 0 Å². The van der Waals surface area contributed by atoms with Gasteiger partial charge in [0.2, 0.25) is 0 Å². The first-order valence-electron chi connectivity index (χ1n) is 24.9. The van der Waals surface area contributed by atoms with E-state index in [2.05, 4.69) is 10.4 Å². The third kappa shape index (κ3) is 8.81. The van der Waals surface area contributed by atoms with Crippen molar-refractivity contribution in [1.29, 1.82) is 0 Å². The number of Topliss-reactive ketones (excluding diaryl/α,β-unsaturated/α-hetero) is 1. The highest BCUT2D eigenvalue weighted by Crippen LogP contribution is 2.44. The number of halogens is 3. The number of piperidine rings is 1. The van der Waals surface area contributed by atoms with Gasteiger partial charge in [0.25, 0.3) is 11.5 Å². The van der Waals surface area contributed by atoms with Gasteiger partial charge in [-0.15, -0.1) is 0 Å². The van der Waals surface area contributed by atoms with E-state index in [1.54, 1.807) is 40.7 Å². The Morgan fingerprint density at radius 3 is 2.42 bits per heavy atom. The van der Waals surface area contributed by atoms with Crippen LogP contribution in [0.1, 0.15) is 140 Å². The van der Waals surface area contributed by atoms with Crippen molar-refractivity contribution >= 4 is 40.3 Å². The van der Waals surface area contributed by atoms with Crippen molar-refractivity contribution in [3.8, 4) is 22.8 Å². The predicted molar refractivity (Wildman–Crippen MR) is 258 cm³/mol. The molecule has 1 atom stereocenters. The average molecular weight is 994 g/mol. The molecule has 0 radical (unpaired) electrons. The molecule has 1 saturated heterocycles. The largest absolute Gasteiger partial charge is 0.458 e. The zero-order valence-electron chi connectivity index (χ0n) is 40.7. The number of alkyl halides is 3. The van der Waals surface area contributed by atoms with Crippen LogP contribution < -0.4 is 21.3 Å². The van der Waals surface area contributed by atoms with Gasteiger partial charge in [-0.25, -0.2) is 19.3 Å². The van der Waals surface area contributed by atoms with Gasteiger partial charge in [0.1, 0.15) is 12.4 Å². The Bertz CT molecular complexity index is 3110. The molecule has 6 heterocycles. The first kappa shape index (κ1) is 49.0. The number of pyridine rings is 2. The molecule has 10 rings (SSSR count). The van der Waals surface area contributed by atoms with Gasteiger partial charge in [0.05, 0.1) is 57.6 Å². The minimum absolute atomic E-state index is 0.0196. The Morgan fingerprint density at radius 1 is 0.972 bits per heavy atom. The summed E-state index contributed by atoms with van der Waals surface area (Å²) in [6.45, 7) is 9.08. The number of hydrogen-bond donors (Lipinski definition) is 3. The van der Waals surface area contributed by atoms with Crippen molar-refractivity contribution in [1.82, 2.24) is 24.2 Å². The summed E-state index contributed by atoms with van der Waals surface area (Å²) in [6, 6.07) is 11.5. The van der Waals surface area contributed by atoms with Gasteiger partial charge >= 0.3 is 18.2 Å². The van der Waals surface area contributed by atoms with E-state index in [-0.39, 0.29) is 78.2 Å². The Balaban J connectivity index is 0.717. The summed E-state index contributed by atoms with van der Waals surface area (Å²) >= 11 is 0. The van der Waals surface area contributed by atoms with Crippen LogP contribution in [0.3, 0.4) is 0 Å². The number of nitrogens with zero attached hydrogens (tertiary/aromatic N) is 5. The second kappa shape index (κ2) is 18.5. The van der Waals surface area contributed by atoms with Gasteiger partial charge in [-0.2, -0.15) is 18.3 Å². The Kier molecular flexibility index (Phi) is 12.6. The summed E-state index contributed by atoms with van der Waals surface area (Å²) in [5, 5.41) is 19.4. The fourth-order valence-corrected chi connectivity index (χ4v) is 11.5. The molecule has 2 aromatic carbocycles. The van der Waals surface area contributed by atoms with Crippen LogP contribution >= 0.6 is 0 Å². The smallest absolute Gasteiger partial charge is 0.435 e. The van der Waals surface area contributed by atoms with E-state index in [0.717, 1.165) is 61.5 Å². The number of nitrogens with two attached hydrogens (primary N) is 1. The van der Waals surface area contributed by atoms with Crippen molar-refractivity contribution < 1.29 is 51.7 Å². The lowest BCUT2D eigenvalue weighted by Crippen LogP contribution is -2.44. The van der Waals surface area contributed by atoms with Gasteiger partial charge in [-0.05, 0) is 124 Å². The molecule has 72 heavy (non-hydrogen) atoms. The van der Waals surface area contributed by atoms with Gasteiger partial charge in [0.15, 0.2) is 17.1 Å². The highest BCUT2D eigenvalue weighted by atomic mass is 19.4. The number of rotatable bonds is 11. The summed E-state index contributed by atoms with van der Waals surface area (Å²) in [4.78, 5) is 72.0. The third-order valence-corrected chi connectivity index (χ3v) is 15.4. The number of nitrogens with one attached hydrogen (secondary N) is 1. The van der Waals surface area contributed by atoms with Crippen molar-refractivity contribution in [3.63, 3.8) is 0 Å². The van der Waals surface area contributed by atoms with Crippen molar-refractivity contribution in [2.45, 2.75) is 135 Å². The molecule has 0 unspecified atom stereocenters. The number of cyclic esters (lactones) is 1. The standard InChI is InChI=1S/C53H58F3N7O9/c1-5-33-35-22-32(12-14-39(35)59-45-36(33)26-62-41(45)23-38-37(48(62)66)27-71-49(67)52(38,69)6-2)72-50(68)61-18-15-28(16-19-61)17-20-70-31-10-7-29(8-11-31)58-40-21-30(9-13-34(40)47(57)65)63-42-24-51(3,4)25-43(64)44(42)46(60-63)53(54,55)56/h9,12-14,21-23,28-29,31,58,69H,5-8,10-11,15-20,24-27H2,1-4H3,(H2,57,65)/t29-,31-,52-/m0/s1. The molecular weight excluding hydrogens is 936 g/mol. The molecule has 3 aromatic heterocycles. The predicted octanol–water partition coefficient (Wildman–Crippen LogP) is 8.14. The van der Waals surface area contributed by atoms with E-state index in [1.807, 2.05) is 26.8 Å². The maximum Gasteiger partial charge on any atom is 0.435 e. The number of fused-ring (bicyclic) bond motifs is 6. The number of carbonyl (C=O) groups is 4. The number of anilines is 1. The second-order valence-corrected chi connectivity index (χ2v) is 20.7. The first-order chi connectivity index (χ1) is 34.3. The van der Waals surface area contributed by atoms with Crippen LogP contribution in [0.25, 0.3) is 28.0 Å². The number of ketones is 1. The molecule has 2 aliphatic carbocycles. The van der Waals surface area contributed by atoms with Crippen molar-refractivity contribution in [2.75, 3.05) is 25.0 Å². The summed E-state index contributed by atoms with van der Waals surface area (Å²) in [5.41, 5.74) is 6.55. The summed E-state index contributed by atoms with van der Waals surface area (Å²) < 4.78 is 62.7. The van der Waals surface area contributed by atoms with Crippen LogP contribution in [0, 0.1) is 11.3 Å². The van der Waals surface area contributed by atoms with Gasteiger partial charge < -0.3 is 39.8 Å². The normalized spacial score (nSPS) is 21.7. The summed E-state index contributed by atoms with van der Waals surface area (Å²) in [7, 11) is 0. The second-order valence-electron chi connectivity index (χ2n) is 20.7. The number of aromatic nitrogens is 4. The Hall–Kier alpha value is -6.60. The lowest BCUT2D eigenvalue weighted by molar-refractivity contribution is -0.172. The number of aliphatic hydroxyl groups is 1. The molecule has 0 spiro atoms. The van der Waals surface area contributed by atoms with Crippen molar-refractivity contribution in [3.05, 3.63) is 97.6 Å². The van der Waals surface area contributed by atoms with Crippen LogP contribution in [0.2, 0.25) is 0 Å². The van der Waals surface area contributed by atoms with Gasteiger partial charge in [0, 0.05) is 54.4 Å². The van der Waals surface area contributed by atoms with E-state index in [9.17, 15) is 42.3 Å². The minimum Gasteiger partial charge on any atom is -0.458 e. The molecule has 380 valence electrons. The SMILES string of the molecule is CCc1c2c(nc3ccc(OC(=O)N4CCC(CCO[C@H]5CC[C@H](Nc6cc(-n7nc(C(F)(F)F)c8c7CC(C)(C)CC8=O)ccc6C(N)=O)CC5)CC4)cc13)-c1cc3c(c(=O)n1C2)COC(=O)[C@]3(O)CC. The number of likely N-dealkylation sites (tertiary alicyclic amines) is 1. The van der Waals surface area contributed by atoms with E-state index < -0.39 is 52.2 Å². The zero-order valence-corrected chi connectivity index (χ0v) is 40.7. The number of carbonyl (C=O) groups excluding carboxylic acids is 4. The number of amides is 2. The Morgan fingerprint density at radius 2 is 1.72 bits per heavy atom. The topological polar surface area (TPSA) is 210 Å². The fourth-order valence-electron chi connectivity index (χ4n) is 11.5. The lowest BCUT2D eigenvalue weighted by Gasteiger charge is -2.33. The lowest BCUT2D eigenvalue weighted by atomic mass is 9.75. The van der Waals surface area contributed by atoms with Crippen LogP contribution in [0.15, 0.2) is 47.3 Å². The van der Waals surface area contributed by atoms with Crippen LogP contribution in [0.4, 0.5) is 23.7 Å². The molecule has 16 nitrogen and oxygen atoms in total. The summed E-state index contributed by atoms with van der Waals surface area (Å²) in [5.74, 6) is -1.30. The summed E-state index contributed by atoms with van der Waals surface area (Å²) in [6.07, 6.45) is 1.07. The minimum atomic E-state index is -4.82.